The van der Waals surface area contributed by atoms with E-state index in [9.17, 15) is 14.7 Å². The minimum Gasteiger partial charge on any atom is -0.425 e. The molecule has 0 unspecified atom stereocenters. The molecule has 2 saturated carbocycles. The molecule has 1 aliphatic heterocycles. The Labute approximate surface area is 345 Å². The van der Waals surface area contributed by atoms with Crippen molar-refractivity contribution < 1.29 is 19.4 Å². The van der Waals surface area contributed by atoms with Gasteiger partial charge in [-0.2, -0.15) is 27.0 Å². The maximum absolute atomic E-state index is 11.6. The van der Waals surface area contributed by atoms with Gasteiger partial charge < -0.3 is 15.6 Å². The summed E-state index contributed by atoms with van der Waals surface area (Å²) in [5.74, 6) is 13.1. The first-order valence-electron chi connectivity index (χ1n) is 12.2. The Morgan fingerprint density at radius 1 is 1.02 bits per heavy atom. The molecule has 6 nitrogen and oxygen atoms in total. The SMILES string of the molecule is C.C.C.CC(=O)Cl.C[C@@]1(C#CC2CC2)OC(=O)Nc2ccc(Cl)cc21.C[C@](O)(C#CC1CC1)c1cc(Cl)ccc1N.I.II.S.S. The molecule has 4 N–H and O–H groups in total. The molecule has 0 spiro atoms. The highest BCUT2D eigenvalue weighted by Gasteiger charge is 2.37. The summed E-state index contributed by atoms with van der Waals surface area (Å²) >= 11 is 20.8. The average molecular weight is 1070 g/mol. The van der Waals surface area contributed by atoms with Gasteiger partial charge in [-0.15, -0.1) is 24.0 Å². The number of fused-ring (bicyclic) bond motifs is 1. The van der Waals surface area contributed by atoms with Crippen LogP contribution in [0.5, 0.6) is 0 Å². The highest BCUT2D eigenvalue weighted by atomic mass is 128. The van der Waals surface area contributed by atoms with Crippen LogP contribution in [0.1, 0.15) is 79.9 Å². The van der Waals surface area contributed by atoms with E-state index in [-0.39, 0.29) is 78.5 Å². The molecule has 0 bridgehead atoms. The highest BCUT2D eigenvalue weighted by molar-refractivity contribution is 15.0. The summed E-state index contributed by atoms with van der Waals surface area (Å²) in [7, 11) is 0. The molecule has 0 radical (unpaired) electrons. The largest absolute Gasteiger partial charge is 0.425 e. The van der Waals surface area contributed by atoms with E-state index in [1.165, 1.54) is 6.92 Å². The Balaban J connectivity index is -0.000000188. The van der Waals surface area contributed by atoms with E-state index < -0.39 is 17.3 Å². The normalized spacial score (nSPS) is 17.0. The van der Waals surface area contributed by atoms with E-state index in [0.29, 0.717) is 38.8 Å². The van der Waals surface area contributed by atoms with E-state index in [4.69, 9.17) is 33.7 Å². The van der Waals surface area contributed by atoms with E-state index in [1.54, 1.807) is 50.2 Å². The number of amides is 1. The molecule has 1 amide bonds. The smallest absolute Gasteiger partial charge is 0.413 e. The predicted octanol–water partition coefficient (Wildman–Crippen LogP) is 11.4. The van der Waals surface area contributed by atoms with Crippen molar-refractivity contribution in [2.45, 2.75) is 79.9 Å². The van der Waals surface area contributed by atoms with Crippen LogP contribution in [0.4, 0.5) is 16.2 Å². The van der Waals surface area contributed by atoms with Crippen LogP contribution in [-0.2, 0) is 20.7 Å². The molecule has 2 aromatic rings. The predicted molar refractivity (Wildman–Crippen MR) is 236 cm³/mol. The van der Waals surface area contributed by atoms with Crippen molar-refractivity contribution >= 4 is 146 Å². The molecule has 262 valence electrons. The summed E-state index contributed by atoms with van der Waals surface area (Å²) in [4.78, 5) is 20.8. The third-order valence-corrected chi connectivity index (χ3v) is 6.23. The standard InChI is InChI=1S/C14H12ClNO2.C13H14ClNO.C2H3ClO.3CH4.I2.HI.2H2S/c1-14(7-6-9-2-3-9)11-8-10(15)4-5-12(11)16-13(17)18-14;1-13(16,7-6-9-2-3-9)11-8-10(14)4-5-12(11)15;1-2(3)4;;;;1-2;;;/h4-5,8-9H,2-3H2,1H3,(H,16,17);4-5,8-9,16H,2-3,15H2,1H3;1H3;3*1H4;;1H;2*1H2/t14-;13-;;;;;;;;/m00......../s1. The van der Waals surface area contributed by atoms with E-state index >= 15 is 0 Å². The topological polar surface area (TPSA) is 102 Å². The minimum absolute atomic E-state index is 0. The number of benzene rings is 2. The summed E-state index contributed by atoms with van der Waals surface area (Å²) in [5, 5.41) is 13.7. The van der Waals surface area contributed by atoms with Crippen LogP contribution >= 0.6 is 123 Å². The average Bonchev–Trinajstić information content (AvgIpc) is 3.80. The zero-order valence-electron chi connectivity index (χ0n) is 23.5. The van der Waals surface area contributed by atoms with Crippen LogP contribution in [-0.4, -0.2) is 16.4 Å². The minimum atomic E-state index is -1.22. The fraction of sp³-hybridized carbons (Fsp3) is 0.438. The zero-order valence-corrected chi connectivity index (χ0v) is 34.4. The van der Waals surface area contributed by atoms with Crippen LogP contribution in [0.15, 0.2) is 36.4 Å². The lowest BCUT2D eigenvalue weighted by atomic mass is 9.93. The van der Waals surface area contributed by atoms with Gasteiger partial charge in [0, 0.05) is 82.9 Å². The van der Waals surface area contributed by atoms with Crippen molar-refractivity contribution in [2.75, 3.05) is 11.1 Å². The number of rotatable bonds is 1. The highest BCUT2D eigenvalue weighted by Crippen LogP contribution is 2.38. The maximum Gasteiger partial charge on any atom is 0.413 e. The van der Waals surface area contributed by atoms with Crippen LogP contribution in [0.2, 0.25) is 10.0 Å². The van der Waals surface area contributed by atoms with Crippen LogP contribution < -0.4 is 11.1 Å². The number of nitrogen functional groups attached to an aromatic ring is 1. The van der Waals surface area contributed by atoms with Crippen LogP contribution in [0.3, 0.4) is 0 Å². The van der Waals surface area contributed by atoms with Gasteiger partial charge in [-0.25, -0.2) is 4.79 Å². The number of anilines is 2. The number of nitrogens with one attached hydrogen (secondary N) is 1. The molecule has 2 atom stereocenters. The second-order valence-electron chi connectivity index (χ2n) is 9.60. The van der Waals surface area contributed by atoms with E-state index in [0.717, 1.165) is 31.2 Å². The lowest BCUT2D eigenvalue weighted by Gasteiger charge is -2.31. The summed E-state index contributed by atoms with van der Waals surface area (Å²) in [6.07, 6.45) is 4.06. The van der Waals surface area contributed by atoms with Gasteiger partial charge in [0.1, 0.15) is 5.60 Å². The van der Waals surface area contributed by atoms with Crippen molar-refractivity contribution in [3.8, 4) is 23.7 Å². The van der Waals surface area contributed by atoms with E-state index in [1.807, 2.05) is 0 Å². The summed E-state index contributed by atoms with van der Waals surface area (Å²) < 4.78 is 5.35. The monoisotopic (exact) mass is 1070 g/mol. The van der Waals surface area contributed by atoms with Crippen LogP contribution in [0.25, 0.3) is 0 Å². The Kier molecular flexibility index (Phi) is 31.2. The Morgan fingerprint density at radius 2 is 1.48 bits per heavy atom. The quantitative estimate of drug-likeness (QED) is 0.114. The fourth-order valence-electron chi connectivity index (χ4n) is 3.44. The first kappa shape index (κ1) is 55.4. The van der Waals surface area contributed by atoms with Crippen LogP contribution in [0, 0.1) is 35.5 Å². The number of ether oxygens (including phenoxy) is 1. The number of aliphatic hydroxyl groups is 1. The van der Waals surface area contributed by atoms with Gasteiger partial charge in [0.05, 0.1) is 5.69 Å². The lowest BCUT2D eigenvalue weighted by Crippen LogP contribution is -2.36. The molecule has 1 heterocycles. The summed E-state index contributed by atoms with van der Waals surface area (Å²) in [6, 6.07) is 10.3. The molecule has 0 aromatic heterocycles. The molecule has 2 fully saturated rings. The molecule has 46 heavy (non-hydrogen) atoms. The molecular weight excluding hydrogens is 1030 g/mol. The van der Waals surface area contributed by atoms with Crippen molar-refractivity contribution in [3.05, 3.63) is 57.6 Å². The summed E-state index contributed by atoms with van der Waals surface area (Å²) in [5.41, 5.74) is 6.28. The van der Waals surface area contributed by atoms with Gasteiger partial charge >= 0.3 is 6.09 Å². The van der Waals surface area contributed by atoms with E-state index in [2.05, 4.69) is 77.8 Å². The number of halogens is 6. The number of carbonyl (C=O) groups is 2. The Hall–Kier alpha value is 0.0200. The molecule has 2 aliphatic carbocycles. The molecule has 0 saturated heterocycles. The molecule has 3 aliphatic rings. The molecule has 5 rings (SSSR count). The zero-order chi connectivity index (χ0) is 30.1. The van der Waals surface area contributed by atoms with Gasteiger partial charge in [0.25, 0.3) is 0 Å². The molecule has 2 aromatic carbocycles. The van der Waals surface area contributed by atoms with Crippen molar-refractivity contribution in [3.63, 3.8) is 0 Å². The lowest BCUT2D eigenvalue weighted by molar-refractivity contribution is -0.109. The van der Waals surface area contributed by atoms with Gasteiger partial charge in [0.2, 0.25) is 5.24 Å². The Bertz CT molecular complexity index is 1370. The first-order valence-corrected chi connectivity index (χ1v) is 19.6. The third kappa shape index (κ3) is 19.3. The number of hydrogen-bond acceptors (Lipinski definition) is 5. The number of hydrogen-bond donors (Lipinski definition) is 3. The van der Waals surface area contributed by atoms with Gasteiger partial charge in [-0.3, -0.25) is 10.1 Å². The first-order chi connectivity index (χ1) is 18.8. The van der Waals surface area contributed by atoms with Crippen molar-refractivity contribution in [1.29, 1.82) is 0 Å². The van der Waals surface area contributed by atoms with Crippen molar-refractivity contribution in [2.24, 2.45) is 11.8 Å². The second kappa shape index (κ2) is 25.9. The second-order valence-corrected chi connectivity index (χ2v) is 11.0. The molecule has 14 heteroatoms. The van der Waals surface area contributed by atoms with Gasteiger partial charge in [0.15, 0.2) is 5.60 Å². The van der Waals surface area contributed by atoms with Gasteiger partial charge in [-0.05, 0) is 87.5 Å². The number of cyclic esters (lactones) is 1. The summed E-state index contributed by atoms with van der Waals surface area (Å²) in [6.45, 7) is 4.74. The van der Waals surface area contributed by atoms with Gasteiger partial charge in [-0.1, -0.05) is 69.2 Å². The Morgan fingerprint density at radius 3 is 1.98 bits per heavy atom. The fourth-order valence-corrected chi connectivity index (χ4v) is 3.79. The number of nitrogens with two attached hydrogens (primary N) is 1. The molecular formula is C32H46Cl3I3N2O4S2. The maximum atomic E-state index is 11.6. The third-order valence-electron chi connectivity index (χ3n) is 5.76. The number of carbonyl (C=O) groups excluding carboxylic acids is 2. The van der Waals surface area contributed by atoms with Crippen molar-refractivity contribution in [1.82, 2.24) is 0 Å².